The van der Waals surface area contributed by atoms with E-state index >= 15 is 0 Å². The number of aldehydes is 1. The Bertz CT molecular complexity index is 2110. The molecule has 0 spiro atoms. The van der Waals surface area contributed by atoms with Gasteiger partial charge in [-0.2, -0.15) is 5.26 Å². The van der Waals surface area contributed by atoms with Crippen LogP contribution in [0.1, 0.15) is 55.5 Å². The van der Waals surface area contributed by atoms with E-state index in [0.29, 0.717) is 43.1 Å². The number of nitriles is 1. The summed E-state index contributed by atoms with van der Waals surface area (Å²) in [5, 5.41) is 15.0. The standard InChI is InChI=1S/C38H38F2N6O5.C5H9F2N.C2H6.CH3NO/c39-38(40)21-30(22-41)46(26-38)36(48)25-45-37(49)33-12-17-44-24-35(33)28-5-9-32(10-6-28)51-20-2-15-42-14-1-19-50-31-7-3-27(4-8-31)34-23-43-16-11-29(34)13-18-47;1-8-3-2-5(6,7)4-8;1-2;2-1-3/h3-12,16-18,23-24,30,42H,1-2,13-15,19-21,25-26H2,(H,45,49);2-4H2,1H3;1-2H3;1H,(H2,2,3). The maximum absolute atomic E-state index is 13.7. The Balaban J connectivity index is 0.000000730. The van der Waals surface area contributed by atoms with E-state index in [1.165, 1.54) is 18.5 Å². The van der Waals surface area contributed by atoms with E-state index in [9.17, 15) is 31.9 Å². The number of nitrogens with one attached hydrogen (secondary N) is 2. The molecular formula is C46H56F4N8O6. The number of primary amides is 1. The summed E-state index contributed by atoms with van der Waals surface area (Å²) in [6.07, 6.45) is 8.85. The largest absolute Gasteiger partial charge is 0.494 e. The number of pyridine rings is 2. The minimum absolute atomic E-state index is 0.0312. The minimum atomic E-state index is -3.13. The average molecular weight is 893 g/mol. The van der Waals surface area contributed by atoms with Crippen LogP contribution in [0.4, 0.5) is 17.6 Å². The van der Waals surface area contributed by atoms with Gasteiger partial charge in [0, 0.05) is 61.7 Å². The number of benzene rings is 2. The van der Waals surface area contributed by atoms with Crippen molar-refractivity contribution in [2.24, 2.45) is 5.73 Å². The number of hydrogen-bond donors (Lipinski definition) is 3. The number of carbonyl (C=O) groups is 4. The molecule has 344 valence electrons. The zero-order chi connectivity index (χ0) is 47.0. The first kappa shape index (κ1) is 51.9. The number of nitrogens with two attached hydrogens (primary N) is 1. The topological polar surface area (TPSA) is 193 Å². The molecule has 2 aromatic heterocycles. The summed E-state index contributed by atoms with van der Waals surface area (Å²) in [6.45, 7) is 5.75. The first-order chi connectivity index (χ1) is 30.8. The monoisotopic (exact) mass is 892 g/mol. The van der Waals surface area contributed by atoms with E-state index in [2.05, 4.69) is 26.3 Å². The van der Waals surface area contributed by atoms with Crippen molar-refractivity contribution in [2.45, 2.75) is 63.8 Å². The van der Waals surface area contributed by atoms with E-state index < -0.39 is 49.2 Å². The van der Waals surface area contributed by atoms with Crippen molar-refractivity contribution in [3.63, 3.8) is 0 Å². The van der Waals surface area contributed by atoms with Crippen LogP contribution in [-0.2, 0) is 20.8 Å². The predicted octanol–water partition coefficient (Wildman–Crippen LogP) is 5.95. The Labute approximate surface area is 371 Å². The van der Waals surface area contributed by atoms with Gasteiger partial charge in [0.05, 0.1) is 44.5 Å². The highest BCUT2D eigenvalue weighted by Crippen LogP contribution is 2.32. The molecule has 2 aliphatic heterocycles. The number of rotatable bonds is 17. The SMILES string of the molecule is CC.CN1CCC(F)(F)C1.N#CC1CC(F)(F)CN1C(=O)CNC(=O)c1ccncc1-c1ccc(OCCCNCCCOc2ccc(-c3cnccc3CC=O)cc2)cc1.NC=O. The number of aromatic nitrogens is 2. The second-order valence-electron chi connectivity index (χ2n) is 14.4. The fourth-order valence-electron chi connectivity index (χ4n) is 6.59. The Morgan fingerprint density at radius 1 is 0.859 bits per heavy atom. The van der Waals surface area contributed by atoms with Gasteiger partial charge in [-0.05, 0) is 86.1 Å². The molecule has 4 N–H and O–H groups in total. The fourth-order valence-corrected chi connectivity index (χ4v) is 6.59. The lowest BCUT2D eigenvalue weighted by atomic mass is 10.0. The van der Waals surface area contributed by atoms with E-state index in [-0.39, 0.29) is 24.9 Å². The molecule has 0 saturated carbocycles. The third-order valence-electron chi connectivity index (χ3n) is 9.64. The second-order valence-corrected chi connectivity index (χ2v) is 14.4. The van der Waals surface area contributed by atoms with Gasteiger partial charge in [0.25, 0.3) is 17.8 Å². The number of alkyl halides is 4. The quantitative estimate of drug-likeness (QED) is 0.0645. The molecule has 1 unspecified atom stereocenters. The van der Waals surface area contributed by atoms with Crippen LogP contribution in [0.3, 0.4) is 0 Å². The first-order valence-electron chi connectivity index (χ1n) is 20.8. The van der Waals surface area contributed by atoms with Gasteiger partial charge < -0.3 is 40.4 Å². The van der Waals surface area contributed by atoms with Crippen LogP contribution in [-0.4, -0.2) is 122 Å². The summed E-state index contributed by atoms with van der Waals surface area (Å²) in [4.78, 5) is 55.8. The molecule has 0 aliphatic carbocycles. The third kappa shape index (κ3) is 17.0. The Morgan fingerprint density at radius 3 is 1.91 bits per heavy atom. The lowest BCUT2D eigenvalue weighted by Crippen LogP contribution is -2.43. The zero-order valence-electron chi connectivity index (χ0n) is 36.3. The maximum atomic E-state index is 13.7. The predicted molar refractivity (Wildman–Crippen MR) is 234 cm³/mol. The lowest BCUT2D eigenvalue weighted by Gasteiger charge is -2.19. The van der Waals surface area contributed by atoms with Crippen LogP contribution < -0.4 is 25.8 Å². The minimum Gasteiger partial charge on any atom is -0.494 e. The van der Waals surface area contributed by atoms with Crippen LogP contribution >= 0.6 is 0 Å². The summed E-state index contributed by atoms with van der Waals surface area (Å²) < 4.78 is 63.5. The van der Waals surface area contributed by atoms with Crippen LogP contribution in [0.2, 0.25) is 0 Å². The Kier molecular flexibility index (Phi) is 21.8. The lowest BCUT2D eigenvalue weighted by molar-refractivity contribution is -0.131. The van der Waals surface area contributed by atoms with Gasteiger partial charge in [-0.25, -0.2) is 17.6 Å². The molecule has 3 amide bonds. The fraction of sp³-hybridized carbons (Fsp3) is 0.413. The highest BCUT2D eigenvalue weighted by molar-refractivity contribution is 6.02. The molecule has 6 rings (SSSR count). The van der Waals surface area contributed by atoms with E-state index in [1.807, 2.05) is 44.2 Å². The summed E-state index contributed by atoms with van der Waals surface area (Å²) >= 11 is 0. The van der Waals surface area contributed by atoms with Gasteiger partial charge in [0.2, 0.25) is 12.3 Å². The molecule has 0 bridgehead atoms. The average Bonchev–Trinajstić information content (AvgIpc) is 3.81. The summed E-state index contributed by atoms with van der Waals surface area (Å²) in [6, 6.07) is 18.8. The molecular weight excluding hydrogens is 837 g/mol. The van der Waals surface area contributed by atoms with E-state index in [1.54, 1.807) is 54.7 Å². The number of carbonyl (C=O) groups excluding carboxylic acids is 4. The molecule has 2 fully saturated rings. The number of halogens is 4. The molecule has 2 aromatic carbocycles. The molecule has 4 heterocycles. The summed E-state index contributed by atoms with van der Waals surface area (Å²) in [5.74, 6) is -5.42. The number of amides is 3. The third-order valence-corrected chi connectivity index (χ3v) is 9.64. The van der Waals surface area contributed by atoms with Gasteiger partial charge in [-0.1, -0.05) is 38.1 Å². The van der Waals surface area contributed by atoms with Crippen molar-refractivity contribution in [3.8, 4) is 39.8 Å². The molecule has 18 heteroatoms. The van der Waals surface area contributed by atoms with Crippen LogP contribution in [0.25, 0.3) is 22.3 Å². The molecule has 14 nitrogen and oxygen atoms in total. The number of likely N-dealkylation sites (tertiary alicyclic amines) is 2. The molecule has 1 atom stereocenters. The van der Waals surface area contributed by atoms with Gasteiger partial charge in [-0.3, -0.25) is 24.4 Å². The van der Waals surface area contributed by atoms with Gasteiger partial charge in [0.15, 0.2) is 0 Å². The second kappa shape index (κ2) is 26.9. The van der Waals surface area contributed by atoms with Crippen LogP contribution in [0, 0.1) is 11.3 Å². The summed E-state index contributed by atoms with van der Waals surface area (Å²) in [7, 11) is 1.71. The van der Waals surface area contributed by atoms with Gasteiger partial charge in [0.1, 0.15) is 23.8 Å². The molecule has 0 radical (unpaired) electrons. The van der Waals surface area contributed by atoms with Crippen molar-refractivity contribution >= 4 is 24.5 Å². The van der Waals surface area contributed by atoms with Crippen LogP contribution in [0.5, 0.6) is 11.5 Å². The summed E-state index contributed by atoms with van der Waals surface area (Å²) in [5.41, 5.74) is 8.51. The zero-order valence-corrected chi connectivity index (χ0v) is 36.3. The highest BCUT2D eigenvalue weighted by atomic mass is 19.3. The molecule has 2 aliphatic rings. The van der Waals surface area contributed by atoms with Gasteiger partial charge in [-0.15, -0.1) is 0 Å². The molecule has 64 heavy (non-hydrogen) atoms. The number of hydrogen-bond acceptors (Lipinski definition) is 11. The van der Waals surface area contributed by atoms with Crippen molar-refractivity contribution in [1.29, 1.82) is 5.26 Å². The number of ether oxygens (including phenoxy) is 2. The van der Waals surface area contributed by atoms with Crippen molar-refractivity contribution in [1.82, 2.24) is 30.4 Å². The number of nitrogens with zero attached hydrogens (tertiary/aromatic N) is 5. The molecule has 4 aromatic rings. The van der Waals surface area contributed by atoms with Crippen molar-refractivity contribution in [2.75, 3.05) is 59.5 Å². The Morgan fingerprint density at radius 2 is 1.41 bits per heavy atom. The molecule has 2 saturated heterocycles. The highest BCUT2D eigenvalue weighted by Gasteiger charge is 2.47. The van der Waals surface area contributed by atoms with Crippen molar-refractivity contribution in [3.05, 3.63) is 96.6 Å². The Hall–Kier alpha value is -6.45. The van der Waals surface area contributed by atoms with Crippen LogP contribution in [0.15, 0.2) is 85.5 Å². The van der Waals surface area contributed by atoms with Crippen molar-refractivity contribution < 1.29 is 46.2 Å². The normalized spacial score (nSPS) is 15.7. The smallest absolute Gasteiger partial charge is 0.268 e. The maximum Gasteiger partial charge on any atom is 0.268 e. The first-order valence-corrected chi connectivity index (χ1v) is 20.8. The van der Waals surface area contributed by atoms with E-state index in [0.717, 1.165) is 59.6 Å². The van der Waals surface area contributed by atoms with E-state index in [4.69, 9.17) is 19.5 Å². The van der Waals surface area contributed by atoms with Gasteiger partial charge >= 0.3 is 0 Å².